The molecule has 2 aromatic heterocycles. The van der Waals surface area contributed by atoms with Gasteiger partial charge in [0.15, 0.2) is 11.0 Å². The van der Waals surface area contributed by atoms with Crippen molar-refractivity contribution in [1.29, 1.82) is 0 Å². The molecule has 7 heteroatoms. The number of ether oxygens (including phenoxy) is 1. The van der Waals surface area contributed by atoms with Gasteiger partial charge in [0, 0.05) is 22.2 Å². The molecule has 1 aromatic carbocycles. The molecule has 0 saturated carbocycles. The third-order valence-electron chi connectivity index (χ3n) is 5.21. The van der Waals surface area contributed by atoms with Crippen LogP contribution in [0.2, 0.25) is 0 Å². The standard InChI is InChI=1S/C21H24BrN3OS2/c1-3-14-4-9-18-15(12-14)13-19(28-18)20-23-24-21(25(20)2)27-11-10-26-17-7-5-16(22)6-8-17/h5-8,13-14H,3-4,9-12H2,1-2H3/t14-/m0/s1. The van der Waals surface area contributed by atoms with E-state index in [1.54, 1.807) is 16.6 Å². The summed E-state index contributed by atoms with van der Waals surface area (Å²) in [7, 11) is 2.06. The van der Waals surface area contributed by atoms with Crippen molar-refractivity contribution >= 4 is 39.0 Å². The molecule has 0 amide bonds. The molecule has 148 valence electrons. The Morgan fingerprint density at radius 3 is 2.89 bits per heavy atom. The van der Waals surface area contributed by atoms with Gasteiger partial charge in [0.25, 0.3) is 0 Å². The molecule has 0 saturated heterocycles. The predicted octanol–water partition coefficient (Wildman–Crippen LogP) is 5.99. The van der Waals surface area contributed by atoms with E-state index in [0.29, 0.717) is 6.61 Å². The van der Waals surface area contributed by atoms with E-state index in [0.717, 1.165) is 32.9 Å². The van der Waals surface area contributed by atoms with Crippen LogP contribution < -0.4 is 4.74 Å². The molecule has 3 aromatic rings. The number of thiophene rings is 1. The van der Waals surface area contributed by atoms with Crippen molar-refractivity contribution in [2.24, 2.45) is 13.0 Å². The van der Waals surface area contributed by atoms with Crippen LogP contribution in [0.4, 0.5) is 0 Å². The van der Waals surface area contributed by atoms with Crippen LogP contribution in [0.1, 0.15) is 30.2 Å². The van der Waals surface area contributed by atoms with E-state index in [-0.39, 0.29) is 0 Å². The zero-order valence-electron chi connectivity index (χ0n) is 16.2. The molecule has 28 heavy (non-hydrogen) atoms. The second-order valence-corrected chi connectivity index (χ2v) is 10.2. The monoisotopic (exact) mass is 477 g/mol. The van der Waals surface area contributed by atoms with Gasteiger partial charge in [-0.2, -0.15) is 0 Å². The number of hydrogen-bond donors (Lipinski definition) is 0. The summed E-state index contributed by atoms with van der Waals surface area (Å²) in [5.41, 5.74) is 1.53. The van der Waals surface area contributed by atoms with Crippen LogP contribution in [0.15, 0.2) is 40.0 Å². The van der Waals surface area contributed by atoms with Gasteiger partial charge in [-0.1, -0.05) is 41.0 Å². The number of benzene rings is 1. The minimum Gasteiger partial charge on any atom is -0.493 e. The number of halogens is 1. The first-order valence-corrected chi connectivity index (χ1v) is 12.3. The quantitative estimate of drug-likeness (QED) is 0.309. The topological polar surface area (TPSA) is 39.9 Å². The fourth-order valence-electron chi connectivity index (χ4n) is 3.54. The van der Waals surface area contributed by atoms with E-state index < -0.39 is 0 Å². The number of nitrogens with zero attached hydrogens (tertiary/aromatic N) is 3. The molecule has 0 radical (unpaired) electrons. The molecule has 1 aliphatic carbocycles. The van der Waals surface area contributed by atoms with E-state index in [2.05, 4.69) is 50.7 Å². The lowest BCUT2D eigenvalue weighted by Gasteiger charge is -2.19. The SMILES string of the molecule is CC[C@H]1CCc2sc(-c3nnc(SCCOc4ccc(Br)cc4)n3C)cc2C1. The fraction of sp³-hybridized carbons (Fsp3) is 0.429. The van der Waals surface area contributed by atoms with Gasteiger partial charge in [0.1, 0.15) is 5.75 Å². The van der Waals surface area contributed by atoms with Crippen LogP contribution in [0.25, 0.3) is 10.7 Å². The Balaban J connectivity index is 1.37. The second-order valence-electron chi connectivity index (χ2n) is 7.09. The lowest BCUT2D eigenvalue weighted by atomic mass is 9.87. The Hall–Kier alpha value is -1.31. The van der Waals surface area contributed by atoms with Crippen LogP contribution in [0.3, 0.4) is 0 Å². The van der Waals surface area contributed by atoms with Gasteiger partial charge in [-0.05, 0) is 61.1 Å². The third kappa shape index (κ3) is 4.47. The van der Waals surface area contributed by atoms with Gasteiger partial charge in [-0.15, -0.1) is 21.5 Å². The van der Waals surface area contributed by atoms with Gasteiger partial charge in [-0.25, -0.2) is 0 Å². The van der Waals surface area contributed by atoms with Gasteiger partial charge in [0.05, 0.1) is 11.5 Å². The van der Waals surface area contributed by atoms with E-state index in [9.17, 15) is 0 Å². The number of rotatable bonds is 7. The maximum atomic E-state index is 5.79. The highest BCUT2D eigenvalue weighted by atomic mass is 79.9. The molecule has 0 fully saturated rings. The first kappa shape index (κ1) is 20.0. The minimum atomic E-state index is 0.639. The van der Waals surface area contributed by atoms with Gasteiger partial charge >= 0.3 is 0 Å². The highest BCUT2D eigenvalue weighted by molar-refractivity contribution is 9.10. The molecule has 0 bridgehead atoms. The van der Waals surface area contributed by atoms with Crippen molar-refractivity contribution in [3.8, 4) is 16.5 Å². The van der Waals surface area contributed by atoms with Crippen molar-refractivity contribution in [2.45, 2.75) is 37.8 Å². The normalized spacial score (nSPS) is 16.2. The fourth-order valence-corrected chi connectivity index (χ4v) is 5.76. The molecule has 0 spiro atoms. The maximum absolute atomic E-state index is 5.79. The van der Waals surface area contributed by atoms with Gasteiger partial charge < -0.3 is 9.30 Å². The molecule has 4 rings (SSSR count). The Morgan fingerprint density at radius 2 is 2.11 bits per heavy atom. The lowest BCUT2D eigenvalue weighted by molar-refractivity contribution is 0.344. The maximum Gasteiger partial charge on any atom is 0.191 e. The first-order valence-electron chi connectivity index (χ1n) is 9.66. The van der Waals surface area contributed by atoms with Gasteiger partial charge in [0.2, 0.25) is 0 Å². The second kappa shape index (κ2) is 9.01. The summed E-state index contributed by atoms with van der Waals surface area (Å²) in [6.45, 7) is 2.94. The van der Waals surface area contributed by atoms with Gasteiger partial charge in [-0.3, -0.25) is 0 Å². The Labute approximate surface area is 182 Å². The van der Waals surface area contributed by atoms with Crippen LogP contribution in [-0.4, -0.2) is 27.1 Å². The van der Waals surface area contributed by atoms with Crippen molar-refractivity contribution in [1.82, 2.24) is 14.8 Å². The summed E-state index contributed by atoms with van der Waals surface area (Å²) in [4.78, 5) is 2.79. The molecule has 4 nitrogen and oxygen atoms in total. The van der Waals surface area contributed by atoms with Crippen LogP contribution in [-0.2, 0) is 19.9 Å². The number of aryl methyl sites for hydroxylation is 1. The Kier molecular flexibility index (Phi) is 6.43. The molecular formula is C21H24BrN3OS2. The zero-order chi connectivity index (χ0) is 19.5. The Morgan fingerprint density at radius 1 is 1.29 bits per heavy atom. The zero-order valence-corrected chi connectivity index (χ0v) is 19.4. The summed E-state index contributed by atoms with van der Waals surface area (Å²) in [5.74, 6) is 3.54. The van der Waals surface area contributed by atoms with Crippen LogP contribution in [0, 0.1) is 5.92 Å². The van der Waals surface area contributed by atoms with Crippen molar-refractivity contribution in [2.75, 3.05) is 12.4 Å². The molecule has 1 aliphatic rings. The third-order valence-corrected chi connectivity index (χ3v) is 7.96. The molecule has 2 heterocycles. The van der Waals surface area contributed by atoms with E-state index in [1.165, 1.54) is 36.1 Å². The summed E-state index contributed by atoms with van der Waals surface area (Å²) >= 11 is 7.01. The molecule has 0 N–H and O–H groups in total. The van der Waals surface area contributed by atoms with E-state index in [1.807, 2.05) is 35.6 Å². The lowest BCUT2D eigenvalue weighted by Crippen LogP contribution is -2.10. The number of aromatic nitrogens is 3. The van der Waals surface area contributed by atoms with Crippen molar-refractivity contribution in [3.63, 3.8) is 0 Å². The predicted molar refractivity (Wildman–Crippen MR) is 120 cm³/mol. The molecule has 1 atom stereocenters. The molecule has 0 unspecified atom stereocenters. The number of fused-ring (bicyclic) bond motifs is 1. The summed E-state index contributed by atoms with van der Waals surface area (Å²) in [5, 5.41) is 9.82. The molecule has 0 aliphatic heterocycles. The first-order chi connectivity index (χ1) is 13.6. The van der Waals surface area contributed by atoms with Crippen molar-refractivity contribution < 1.29 is 4.74 Å². The van der Waals surface area contributed by atoms with Crippen molar-refractivity contribution in [3.05, 3.63) is 45.2 Å². The van der Waals surface area contributed by atoms with Crippen LogP contribution in [0.5, 0.6) is 5.75 Å². The minimum absolute atomic E-state index is 0.639. The summed E-state index contributed by atoms with van der Waals surface area (Å²) < 4.78 is 8.96. The summed E-state index contributed by atoms with van der Waals surface area (Å²) in [6.07, 6.45) is 5.03. The highest BCUT2D eigenvalue weighted by Crippen LogP contribution is 2.38. The average Bonchev–Trinajstić information content (AvgIpc) is 3.29. The smallest absolute Gasteiger partial charge is 0.191 e. The van der Waals surface area contributed by atoms with Crippen LogP contribution >= 0.6 is 39.0 Å². The van der Waals surface area contributed by atoms with E-state index in [4.69, 9.17) is 4.74 Å². The molecular weight excluding hydrogens is 454 g/mol. The summed E-state index contributed by atoms with van der Waals surface area (Å²) in [6, 6.07) is 10.3. The average molecular weight is 478 g/mol. The highest BCUT2D eigenvalue weighted by Gasteiger charge is 2.22. The number of hydrogen-bond acceptors (Lipinski definition) is 5. The number of thioether (sulfide) groups is 1. The largest absolute Gasteiger partial charge is 0.493 e. The van der Waals surface area contributed by atoms with E-state index >= 15 is 0 Å². The Bertz CT molecular complexity index is 936.